The van der Waals surface area contributed by atoms with Gasteiger partial charge in [0.25, 0.3) is 0 Å². The van der Waals surface area contributed by atoms with Crippen molar-refractivity contribution in [3.63, 3.8) is 0 Å². The molecule has 1 aliphatic carbocycles. The summed E-state index contributed by atoms with van der Waals surface area (Å²) < 4.78 is 41.1. The van der Waals surface area contributed by atoms with E-state index in [2.05, 4.69) is 25.3 Å². The number of rotatable bonds is 7. The predicted molar refractivity (Wildman–Crippen MR) is 104 cm³/mol. The lowest BCUT2D eigenvalue weighted by Gasteiger charge is -2.31. The Bertz CT molecular complexity index is 699. The molecule has 1 aliphatic rings. The van der Waals surface area contributed by atoms with E-state index in [1.165, 1.54) is 12.3 Å². The molecule has 29 heavy (non-hydrogen) atoms. The van der Waals surface area contributed by atoms with Crippen molar-refractivity contribution in [2.45, 2.75) is 38.4 Å². The van der Waals surface area contributed by atoms with Gasteiger partial charge in [0.1, 0.15) is 0 Å². The summed E-state index contributed by atoms with van der Waals surface area (Å²) in [5.74, 6) is 0.579. The molecule has 0 aliphatic heterocycles. The Morgan fingerprint density at radius 1 is 1.28 bits per heavy atom. The minimum atomic E-state index is -4.40. The Morgan fingerprint density at radius 2 is 1.97 bits per heavy atom. The highest BCUT2D eigenvalue weighted by atomic mass is 19.4. The van der Waals surface area contributed by atoms with Gasteiger partial charge in [-0.1, -0.05) is 18.9 Å². The lowest BCUT2D eigenvalue weighted by Crippen LogP contribution is -2.49. The van der Waals surface area contributed by atoms with E-state index in [9.17, 15) is 18.0 Å². The van der Waals surface area contributed by atoms with E-state index in [1.807, 2.05) is 0 Å². The highest BCUT2D eigenvalue weighted by Crippen LogP contribution is 2.38. The van der Waals surface area contributed by atoms with Crippen LogP contribution in [0.25, 0.3) is 0 Å². The van der Waals surface area contributed by atoms with Crippen molar-refractivity contribution in [1.29, 1.82) is 0 Å². The monoisotopic (exact) mass is 415 g/mol. The van der Waals surface area contributed by atoms with Crippen LogP contribution in [-0.4, -0.2) is 62.2 Å². The van der Waals surface area contributed by atoms with Crippen molar-refractivity contribution in [2.24, 2.45) is 10.4 Å². The number of amides is 1. The molecule has 1 heterocycles. The lowest BCUT2D eigenvalue weighted by atomic mass is 9.84. The van der Waals surface area contributed by atoms with E-state index in [-0.39, 0.29) is 11.8 Å². The number of guanidine groups is 1. The zero-order chi connectivity index (χ0) is 21.5. The summed E-state index contributed by atoms with van der Waals surface area (Å²) in [7, 11) is 5.17. The van der Waals surface area contributed by atoms with E-state index in [1.54, 1.807) is 32.1 Å². The second-order valence-electron chi connectivity index (χ2n) is 7.37. The van der Waals surface area contributed by atoms with Gasteiger partial charge in [0.15, 0.2) is 12.6 Å². The number of carbonyl (C=O) groups excluding carboxylic acids is 1. The fourth-order valence-electron chi connectivity index (χ4n) is 3.41. The van der Waals surface area contributed by atoms with Gasteiger partial charge in [-0.25, -0.2) is 4.98 Å². The molecule has 0 atom stereocenters. The first-order valence-corrected chi connectivity index (χ1v) is 9.46. The van der Waals surface area contributed by atoms with Crippen molar-refractivity contribution < 1.29 is 22.7 Å². The normalized spacial score (nSPS) is 16.4. The van der Waals surface area contributed by atoms with Gasteiger partial charge in [0, 0.05) is 46.5 Å². The van der Waals surface area contributed by atoms with Crippen LogP contribution in [0.3, 0.4) is 0 Å². The third-order valence-corrected chi connectivity index (χ3v) is 4.88. The van der Waals surface area contributed by atoms with E-state index < -0.39 is 18.2 Å². The molecule has 10 heteroatoms. The first-order chi connectivity index (χ1) is 13.6. The Balaban J connectivity index is 1.86. The van der Waals surface area contributed by atoms with Gasteiger partial charge in [-0.3, -0.25) is 9.79 Å². The summed E-state index contributed by atoms with van der Waals surface area (Å²) in [5, 5.41) is 6.35. The van der Waals surface area contributed by atoms with Crippen molar-refractivity contribution in [3.8, 4) is 5.88 Å². The third kappa shape index (κ3) is 6.79. The average Bonchev–Trinajstić information content (AvgIpc) is 3.16. The quantitative estimate of drug-likeness (QED) is 0.528. The van der Waals surface area contributed by atoms with E-state index in [4.69, 9.17) is 0 Å². The molecule has 0 radical (unpaired) electrons. The Labute approximate surface area is 168 Å². The molecule has 0 saturated heterocycles. The molecule has 2 N–H and O–H groups in total. The van der Waals surface area contributed by atoms with E-state index in [0.717, 1.165) is 31.2 Å². The molecule has 1 aromatic rings. The Kier molecular flexibility index (Phi) is 7.69. The maximum absolute atomic E-state index is 12.6. The SMILES string of the molecule is CN=C(NCc1ccc(OCC(F)(F)F)nc1)NCC1(C(=O)N(C)C)CCCC1. The van der Waals surface area contributed by atoms with Crippen LogP contribution in [0, 0.1) is 5.41 Å². The van der Waals surface area contributed by atoms with Gasteiger partial charge < -0.3 is 20.3 Å². The minimum absolute atomic E-state index is 0.0843. The summed E-state index contributed by atoms with van der Waals surface area (Å²) in [6.45, 7) is -0.505. The van der Waals surface area contributed by atoms with Crippen molar-refractivity contribution in [3.05, 3.63) is 23.9 Å². The van der Waals surface area contributed by atoms with Crippen molar-refractivity contribution >= 4 is 11.9 Å². The lowest BCUT2D eigenvalue weighted by molar-refractivity contribution is -0.154. The standard InChI is InChI=1S/C19H28F3N5O2/c1-23-17(26-12-18(8-4-5-9-18)16(28)27(2)3)25-11-14-6-7-15(24-10-14)29-13-19(20,21)22/h6-7,10H,4-5,8-9,11-13H2,1-3H3,(H2,23,25,26). The molecule has 162 valence electrons. The summed E-state index contributed by atoms with van der Waals surface area (Å²) in [6, 6.07) is 3.02. The second-order valence-corrected chi connectivity index (χ2v) is 7.37. The van der Waals surface area contributed by atoms with Gasteiger partial charge in [-0.2, -0.15) is 13.2 Å². The maximum Gasteiger partial charge on any atom is 0.422 e. The minimum Gasteiger partial charge on any atom is -0.468 e. The summed E-state index contributed by atoms with van der Waals surface area (Å²) in [5.41, 5.74) is 0.340. The average molecular weight is 415 g/mol. The largest absolute Gasteiger partial charge is 0.468 e. The third-order valence-electron chi connectivity index (χ3n) is 4.88. The molecular weight excluding hydrogens is 387 g/mol. The maximum atomic E-state index is 12.6. The van der Waals surface area contributed by atoms with Crippen LogP contribution in [0.15, 0.2) is 23.3 Å². The van der Waals surface area contributed by atoms with Crippen LogP contribution in [0.5, 0.6) is 5.88 Å². The molecule has 0 aromatic carbocycles. The van der Waals surface area contributed by atoms with Crippen LogP contribution in [0.1, 0.15) is 31.2 Å². The van der Waals surface area contributed by atoms with Crippen LogP contribution in [0.2, 0.25) is 0 Å². The highest BCUT2D eigenvalue weighted by Gasteiger charge is 2.42. The number of hydrogen-bond donors (Lipinski definition) is 2. The molecule has 0 spiro atoms. The molecule has 7 nitrogen and oxygen atoms in total. The molecule has 1 amide bonds. The number of carbonyl (C=O) groups is 1. The summed E-state index contributed by atoms with van der Waals surface area (Å²) in [4.78, 5) is 22.3. The second kappa shape index (κ2) is 9.80. The van der Waals surface area contributed by atoms with Gasteiger partial charge in [0.2, 0.25) is 11.8 Å². The number of hydrogen-bond acceptors (Lipinski definition) is 4. The molecule has 1 fully saturated rings. The number of nitrogens with zero attached hydrogens (tertiary/aromatic N) is 3. The number of nitrogens with one attached hydrogen (secondary N) is 2. The number of pyridine rings is 1. The Hall–Kier alpha value is -2.52. The summed E-state index contributed by atoms with van der Waals surface area (Å²) in [6.07, 6.45) is 0.794. The van der Waals surface area contributed by atoms with E-state index >= 15 is 0 Å². The number of aliphatic imine (C=N–C) groups is 1. The predicted octanol–water partition coefficient (Wildman–Crippen LogP) is 2.34. The van der Waals surface area contributed by atoms with Crippen LogP contribution in [-0.2, 0) is 11.3 Å². The van der Waals surface area contributed by atoms with Gasteiger partial charge >= 0.3 is 6.18 Å². The smallest absolute Gasteiger partial charge is 0.422 e. The molecule has 1 saturated carbocycles. The molecule has 1 aromatic heterocycles. The van der Waals surface area contributed by atoms with Gasteiger partial charge in [-0.05, 0) is 18.4 Å². The van der Waals surface area contributed by atoms with Crippen molar-refractivity contribution in [1.82, 2.24) is 20.5 Å². The topological polar surface area (TPSA) is 78.9 Å². The number of halogens is 3. The van der Waals surface area contributed by atoms with Crippen LogP contribution < -0.4 is 15.4 Å². The fourth-order valence-corrected chi connectivity index (χ4v) is 3.41. The summed E-state index contributed by atoms with van der Waals surface area (Å²) >= 11 is 0. The van der Waals surface area contributed by atoms with Crippen molar-refractivity contribution in [2.75, 3.05) is 34.3 Å². The molecule has 0 unspecified atom stereocenters. The molecular formula is C19H28F3N5O2. The van der Waals surface area contributed by atoms with Gasteiger partial charge in [-0.15, -0.1) is 0 Å². The number of alkyl halides is 3. The number of ether oxygens (including phenoxy) is 1. The van der Waals surface area contributed by atoms with Gasteiger partial charge in [0.05, 0.1) is 5.41 Å². The number of aromatic nitrogens is 1. The molecule has 2 rings (SSSR count). The Morgan fingerprint density at radius 3 is 2.48 bits per heavy atom. The zero-order valence-electron chi connectivity index (χ0n) is 17.0. The zero-order valence-corrected chi connectivity index (χ0v) is 17.0. The van der Waals surface area contributed by atoms with Crippen LogP contribution >= 0.6 is 0 Å². The highest BCUT2D eigenvalue weighted by molar-refractivity contribution is 5.85. The first kappa shape index (κ1) is 22.8. The first-order valence-electron chi connectivity index (χ1n) is 9.46. The van der Waals surface area contributed by atoms with Crippen LogP contribution in [0.4, 0.5) is 13.2 Å². The fraction of sp³-hybridized carbons (Fsp3) is 0.632. The molecule has 0 bridgehead atoms. The van der Waals surface area contributed by atoms with E-state index in [0.29, 0.717) is 19.0 Å².